The Hall–Kier alpha value is -1.65. The lowest BCUT2D eigenvalue weighted by Crippen LogP contribution is -2.16. The second kappa shape index (κ2) is 3.84. The van der Waals surface area contributed by atoms with Crippen LogP contribution in [0.3, 0.4) is 0 Å². The fraction of sp³-hybridized carbons (Fsp3) is 0.250. The van der Waals surface area contributed by atoms with Crippen LogP contribution in [0, 0.1) is 5.82 Å². The van der Waals surface area contributed by atoms with Crippen molar-refractivity contribution in [3.63, 3.8) is 0 Å². The summed E-state index contributed by atoms with van der Waals surface area (Å²) in [6.07, 6.45) is 1.19. The van der Waals surface area contributed by atoms with Gasteiger partial charge in [-0.15, -0.1) is 0 Å². The van der Waals surface area contributed by atoms with E-state index in [2.05, 4.69) is 9.72 Å². The highest BCUT2D eigenvalue weighted by atomic mass is 19.1. The molecule has 0 saturated carbocycles. The molecule has 0 unspecified atom stereocenters. The summed E-state index contributed by atoms with van der Waals surface area (Å²) in [4.78, 5) is 24.0. The standard InChI is InChI=1S/C8H8FNO3/c1-2-13-8(12)7-6(9)5(11)3-4-10-7/h3-4H,2H2,1H3,(H,10,11). The van der Waals surface area contributed by atoms with E-state index >= 15 is 0 Å². The minimum absolute atomic E-state index is 0.134. The van der Waals surface area contributed by atoms with E-state index in [1.54, 1.807) is 6.92 Å². The van der Waals surface area contributed by atoms with Crippen LogP contribution in [0.5, 0.6) is 0 Å². The van der Waals surface area contributed by atoms with E-state index in [0.29, 0.717) is 0 Å². The Bertz CT molecular complexity index is 372. The molecule has 1 aromatic rings. The topological polar surface area (TPSA) is 59.2 Å². The molecule has 0 atom stereocenters. The number of hydrogen-bond donors (Lipinski definition) is 1. The van der Waals surface area contributed by atoms with Gasteiger partial charge in [0.05, 0.1) is 6.61 Å². The highest BCUT2D eigenvalue weighted by Gasteiger charge is 2.14. The molecule has 0 aliphatic rings. The first-order valence-electron chi connectivity index (χ1n) is 3.71. The van der Waals surface area contributed by atoms with E-state index in [1.807, 2.05) is 0 Å². The molecule has 0 aliphatic heterocycles. The molecule has 0 aliphatic carbocycles. The quantitative estimate of drug-likeness (QED) is 0.689. The maximum absolute atomic E-state index is 12.9. The number of nitrogens with one attached hydrogen (secondary N) is 1. The lowest BCUT2D eigenvalue weighted by Gasteiger charge is -2.01. The van der Waals surface area contributed by atoms with Crippen LogP contribution < -0.4 is 5.43 Å². The van der Waals surface area contributed by atoms with Gasteiger partial charge in [0.2, 0.25) is 11.2 Å². The number of carbonyl (C=O) groups is 1. The van der Waals surface area contributed by atoms with Crippen molar-refractivity contribution in [3.05, 3.63) is 34.0 Å². The Morgan fingerprint density at radius 2 is 2.38 bits per heavy atom. The molecule has 0 spiro atoms. The van der Waals surface area contributed by atoms with Crippen LogP contribution >= 0.6 is 0 Å². The SMILES string of the molecule is CCOC(=O)c1[nH]ccc(=O)c1F. The highest BCUT2D eigenvalue weighted by Crippen LogP contribution is 1.99. The predicted octanol–water partition coefficient (Wildman–Crippen LogP) is 0.691. The van der Waals surface area contributed by atoms with Crippen LogP contribution in [-0.2, 0) is 4.74 Å². The lowest BCUT2D eigenvalue weighted by atomic mass is 10.3. The van der Waals surface area contributed by atoms with Gasteiger partial charge in [-0.2, -0.15) is 0 Å². The first-order chi connectivity index (χ1) is 6.16. The van der Waals surface area contributed by atoms with Crippen LogP contribution in [-0.4, -0.2) is 17.6 Å². The van der Waals surface area contributed by atoms with Gasteiger partial charge in [-0.1, -0.05) is 0 Å². The normalized spacial score (nSPS) is 9.69. The summed E-state index contributed by atoms with van der Waals surface area (Å²) in [5.41, 5.74) is -1.27. The average molecular weight is 185 g/mol. The molecule has 0 aromatic carbocycles. The number of H-pyrrole nitrogens is 1. The summed E-state index contributed by atoms with van der Waals surface area (Å²) in [7, 11) is 0. The van der Waals surface area contributed by atoms with E-state index in [9.17, 15) is 14.0 Å². The van der Waals surface area contributed by atoms with E-state index in [4.69, 9.17) is 0 Å². The molecular weight excluding hydrogens is 177 g/mol. The molecule has 13 heavy (non-hydrogen) atoms. The van der Waals surface area contributed by atoms with Crippen molar-refractivity contribution in [1.29, 1.82) is 0 Å². The Labute approximate surface area is 73.3 Å². The molecule has 5 heteroatoms. The third-order valence-electron chi connectivity index (χ3n) is 1.38. The van der Waals surface area contributed by atoms with Crippen LogP contribution in [0.4, 0.5) is 4.39 Å². The van der Waals surface area contributed by atoms with Crippen molar-refractivity contribution in [1.82, 2.24) is 4.98 Å². The smallest absolute Gasteiger partial charge is 0.357 e. The molecule has 1 N–H and O–H groups in total. The Kier molecular flexibility index (Phi) is 2.79. The second-order valence-corrected chi connectivity index (χ2v) is 2.25. The molecule has 0 bridgehead atoms. The minimum atomic E-state index is -1.11. The largest absolute Gasteiger partial charge is 0.461 e. The summed E-state index contributed by atoms with van der Waals surface area (Å²) >= 11 is 0. The molecule has 0 saturated heterocycles. The van der Waals surface area contributed by atoms with Crippen molar-refractivity contribution >= 4 is 5.97 Å². The second-order valence-electron chi connectivity index (χ2n) is 2.25. The fourth-order valence-electron chi connectivity index (χ4n) is 0.812. The highest BCUT2D eigenvalue weighted by molar-refractivity contribution is 5.87. The van der Waals surface area contributed by atoms with Crippen molar-refractivity contribution in [2.75, 3.05) is 6.61 Å². The number of ether oxygens (including phenoxy) is 1. The Morgan fingerprint density at radius 3 is 3.00 bits per heavy atom. The van der Waals surface area contributed by atoms with Gasteiger partial charge < -0.3 is 9.72 Å². The monoisotopic (exact) mass is 185 g/mol. The van der Waals surface area contributed by atoms with Crippen LogP contribution in [0.2, 0.25) is 0 Å². The van der Waals surface area contributed by atoms with Gasteiger partial charge >= 0.3 is 5.97 Å². The average Bonchev–Trinajstić information content (AvgIpc) is 2.10. The zero-order valence-corrected chi connectivity index (χ0v) is 6.96. The van der Waals surface area contributed by atoms with Gasteiger partial charge in [-0.3, -0.25) is 4.79 Å². The first-order valence-corrected chi connectivity index (χ1v) is 3.71. The van der Waals surface area contributed by atoms with Gasteiger partial charge in [-0.05, 0) is 6.92 Å². The molecule has 1 aromatic heterocycles. The lowest BCUT2D eigenvalue weighted by molar-refractivity contribution is 0.0513. The van der Waals surface area contributed by atoms with E-state index in [0.717, 1.165) is 6.07 Å². The number of aromatic amines is 1. The minimum Gasteiger partial charge on any atom is -0.461 e. The van der Waals surface area contributed by atoms with E-state index in [1.165, 1.54) is 6.20 Å². The van der Waals surface area contributed by atoms with Crippen molar-refractivity contribution in [2.24, 2.45) is 0 Å². The molecule has 4 nitrogen and oxygen atoms in total. The number of pyridine rings is 1. The molecule has 70 valence electrons. The molecule has 1 rings (SSSR count). The van der Waals surface area contributed by atoms with Gasteiger partial charge in [0.1, 0.15) is 0 Å². The summed E-state index contributed by atoms with van der Waals surface area (Å²) in [5, 5.41) is 0. The number of carbonyl (C=O) groups excluding carboxylic acids is 1. The predicted molar refractivity (Wildman–Crippen MR) is 43.0 cm³/mol. The maximum Gasteiger partial charge on any atom is 0.357 e. The molecular formula is C8H8FNO3. The van der Waals surface area contributed by atoms with Crippen LogP contribution in [0.1, 0.15) is 17.4 Å². The zero-order chi connectivity index (χ0) is 9.84. The summed E-state index contributed by atoms with van der Waals surface area (Å²) in [5.74, 6) is -1.97. The van der Waals surface area contributed by atoms with Crippen molar-refractivity contribution < 1.29 is 13.9 Å². The molecule has 1 heterocycles. The van der Waals surface area contributed by atoms with Crippen LogP contribution in [0.15, 0.2) is 17.1 Å². The Morgan fingerprint density at radius 1 is 1.69 bits per heavy atom. The third kappa shape index (κ3) is 1.93. The van der Waals surface area contributed by atoms with Crippen molar-refractivity contribution in [3.8, 4) is 0 Å². The summed E-state index contributed by atoms with van der Waals surface area (Å²) < 4.78 is 17.4. The van der Waals surface area contributed by atoms with E-state index in [-0.39, 0.29) is 6.61 Å². The van der Waals surface area contributed by atoms with Gasteiger partial charge in [0.15, 0.2) is 5.69 Å². The maximum atomic E-state index is 12.9. The van der Waals surface area contributed by atoms with Crippen molar-refractivity contribution in [2.45, 2.75) is 6.92 Å². The van der Waals surface area contributed by atoms with Crippen LogP contribution in [0.25, 0.3) is 0 Å². The first kappa shape index (κ1) is 9.44. The van der Waals surface area contributed by atoms with Gasteiger partial charge in [-0.25, -0.2) is 9.18 Å². The van der Waals surface area contributed by atoms with Gasteiger partial charge in [0.25, 0.3) is 0 Å². The zero-order valence-electron chi connectivity index (χ0n) is 6.96. The molecule has 0 radical (unpaired) electrons. The number of esters is 1. The molecule has 0 amide bonds. The fourth-order valence-corrected chi connectivity index (χ4v) is 0.812. The summed E-state index contributed by atoms with van der Waals surface area (Å²) in [6.45, 7) is 1.73. The number of rotatable bonds is 2. The molecule has 0 fully saturated rings. The summed E-state index contributed by atoms with van der Waals surface area (Å²) in [6, 6.07) is 0.998. The third-order valence-corrected chi connectivity index (χ3v) is 1.38. The van der Waals surface area contributed by atoms with E-state index < -0.39 is 22.9 Å². The number of aromatic nitrogens is 1. The number of hydrogen-bond acceptors (Lipinski definition) is 3. The number of halogens is 1. The van der Waals surface area contributed by atoms with Gasteiger partial charge in [0, 0.05) is 12.3 Å². The Balaban J connectivity index is 3.08.